The molecule has 102 valence electrons. The number of nitrogens with zero attached hydrogens (tertiary/aromatic N) is 2. The quantitative estimate of drug-likeness (QED) is 0.850. The van der Waals surface area contributed by atoms with Gasteiger partial charge in [0, 0.05) is 12.4 Å². The van der Waals surface area contributed by atoms with E-state index >= 15 is 0 Å². The molecule has 2 aromatic heterocycles. The van der Waals surface area contributed by atoms with Crippen molar-refractivity contribution in [3.8, 4) is 11.5 Å². The molecule has 0 radical (unpaired) electrons. The molecule has 19 heavy (non-hydrogen) atoms. The molecule has 2 aromatic rings. The van der Waals surface area contributed by atoms with Crippen molar-refractivity contribution < 1.29 is 5.95 Å². The Balaban J connectivity index is 0.00000200. The second kappa shape index (κ2) is 6.29. The van der Waals surface area contributed by atoms with Gasteiger partial charge >= 0.3 is 5.76 Å². The van der Waals surface area contributed by atoms with E-state index in [1.807, 2.05) is 24.5 Å². The summed E-state index contributed by atoms with van der Waals surface area (Å²) in [6.45, 7) is 4.11. The van der Waals surface area contributed by atoms with Crippen LogP contribution in [0.2, 0.25) is 0 Å². The molecule has 0 saturated carbocycles. The Kier molecular flexibility index (Phi) is 4.46. The van der Waals surface area contributed by atoms with Gasteiger partial charge in [0.2, 0.25) is 5.82 Å². The second-order valence-corrected chi connectivity index (χ2v) is 4.79. The van der Waals surface area contributed by atoms with Gasteiger partial charge < -0.3 is 0 Å². The van der Waals surface area contributed by atoms with Gasteiger partial charge in [-0.2, -0.15) is 0 Å². The predicted molar refractivity (Wildman–Crippen MR) is 78.0 cm³/mol. The van der Waals surface area contributed by atoms with Gasteiger partial charge in [0.15, 0.2) is 0 Å². The van der Waals surface area contributed by atoms with Gasteiger partial charge in [-0.15, -0.1) is 11.3 Å². The zero-order chi connectivity index (χ0) is 13.7. The van der Waals surface area contributed by atoms with E-state index in [0.29, 0.717) is 11.5 Å². The molecular weight excluding hydrogens is 262 g/mol. The van der Waals surface area contributed by atoms with Gasteiger partial charge in [-0.25, -0.2) is 9.78 Å². The minimum Gasteiger partial charge on any atom is -0.296 e. The van der Waals surface area contributed by atoms with Gasteiger partial charge in [-0.1, -0.05) is 36.7 Å². The number of allylic oxidation sites excluding steroid dienone is 4. The van der Waals surface area contributed by atoms with Crippen LogP contribution < -0.4 is 5.76 Å². The summed E-state index contributed by atoms with van der Waals surface area (Å²) >= 11 is 1.52. The van der Waals surface area contributed by atoms with Crippen LogP contribution in [0.5, 0.6) is 0 Å². The molecule has 2 heterocycles. The zero-order valence-electron chi connectivity index (χ0n) is 10.8. The normalized spacial score (nSPS) is 12.4. The molecule has 0 aliphatic carbocycles. The van der Waals surface area contributed by atoms with Crippen LogP contribution in [0.15, 0.2) is 32.9 Å². The lowest BCUT2D eigenvalue weighted by atomic mass is 10.2. The van der Waals surface area contributed by atoms with Gasteiger partial charge in [-0.05, 0) is 13.3 Å². The monoisotopic (exact) mass is 279 g/mol. The van der Waals surface area contributed by atoms with Crippen LogP contribution in [0.1, 0.15) is 33.1 Å². The van der Waals surface area contributed by atoms with E-state index in [0.717, 1.165) is 23.4 Å². The number of thiazole rings is 1. The smallest absolute Gasteiger partial charge is 0.296 e. The number of aromatic nitrogens is 3. The standard InChI is InChI=1S/C13H15N3O2S.H2/c1-3-5-7-9(6-4-2)12-14-10(8-19-12)11-15-13(17)18-16-11;/h4,6-8H,3,5H2,1-2H3,(H,15,16,17);1H/b6-4-,9-7+;. The van der Waals surface area contributed by atoms with Crippen LogP contribution >= 0.6 is 11.3 Å². The Bertz CT molecular complexity index is 654. The molecule has 0 aromatic carbocycles. The van der Waals surface area contributed by atoms with Crippen molar-refractivity contribution in [3.63, 3.8) is 0 Å². The van der Waals surface area contributed by atoms with Crippen LogP contribution in [0.4, 0.5) is 0 Å². The fourth-order valence-corrected chi connectivity index (χ4v) is 2.39. The summed E-state index contributed by atoms with van der Waals surface area (Å²) in [4.78, 5) is 17.9. The largest absolute Gasteiger partial charge is 0.439 e. The molecule has 0 atom stereocenters. The number of rotatable bonds is 5. The summed E-state index contributed by atoms with van der Waals surface area (Å²) in [5.74, 6) is -0.206. The van der Waals surface area contributed by atoms with E-state index < -0.39 is 5.76 Å². The zero-order valence-corrected chi connectivity index (χ0v) is 11.7. The summed E-state index contributed by atoms with van der Waals surface area (Å²) in [5, 5.41) is 6.39. The molecule has 0 aliphatic heterocycles. The Hall–Kier alpha value is -1.95. The van der Waals surface area contributed by atoms with Crippen molar-refractivity contribution >= 4 is 16.9 Å². The van der Waals surface area contributed by atoms with E-state index in [1.165, 1.54) is 11.3 Å². The number of hydrogen-bond donors (Lipinski definition) is 1. The van der Waals surface area contributed by atoms with Crippen molar-refractivity contribution in [2.45, 2.75) is 26.7 Å². The topological polar surface area (TPSA) is 71.8 Å². The number of H-pyrrole nitrogens is 1. The Morgan fingerprint density at radius 2 is 2.47 bits per heavy atom. The van der Waals surface area contributed by atoms with Crippen molar-refractivity contribution in [3.05, 3.63) is 39.2 Å². The number of unbranched alkanes of at least 4 members (excludes halogenated alkanes) is 1. The fraction of sp³-hybridized carbons (Fsp3) is 0.308. The summed E-state index contributed by atoms with van der Waals surface area (Å²) in [7, 11) is 0. The Labute approximate surface area is 116 Å². The summed E-state index contributed by atoms with van der Waals surface area (Å²) < 4.78 is 4.48. The molecular formula is C13H17N3O2S. The van der Waals surface area contributed by atoms with Gasteiger partial charge in [0.05, 0.1) is 0 Å². The summed E-state index contributed by atoms with van der Waals surface area (Å²) in [6.07, 6.45) is 8.28. The lowest BCUT2D eigenvalue weighted by molar-refractivity contribution is 0.388. The van der Waals surface area contributed by atoms with Crippen molar-refractivity contribution in [1.29, 1.82) is 0 Å². The number of aromatic amines is 1. The first-order valence-corrected chi connectivity index (χ1v) is 6.97. The Morgan fingerprint density at radius 3 is 3.11 bits per heavy atom. The number of nitrogens with one attached hydrogen (secondary N) is 1. The van der Waals surface area contributed by atoms with E-state index in [-0.39, 0.29) is 1.43 Å². The second-order valence-electron chi connectivity index (χ2n) is 3.93. The average Bonchev–Trinajstić information content (AvgIpc) is 3.03. The van der Waals surface area contributed by atoms with E-state index in [1.54, 1.807) is 0 Å². The fourth-order valence-electron chi connectivity index (χ4n) is 1.56. The summed E-state index contributed by atoms with van der Waals surface area (Å²) in [6, 6.07) is 0. The molecule has 6 heteroatoms. The molecule has 1 N–H and O–H groups in total. The highest BCUT2D eigenvalue weighted by Crippen LogP contribution is 2.25. The molecule has 2 rings (SSSR count). The maximum absolute atomic E-state index is 10.9. The van der Waals surface area contributed by atoms with Crippen LogP contribution in [-0.4, -0.2) is 15.1 Å². The van der Waals surface area contributed by atoms with Crippen molar-refractivity contribution in [1.82, 2.24) is 15.1 Å². The Morgan fingerprint density at radius 1 is 1.63 bits per heavy atom. The molecule has 0 fully saturated rings. The predicted octanol–water partition coefficient (Wildman–Crippen LogP) is 3.49. The lowest BCUT2D eigenvalue weighted by Gasteiger charge is -1.96. The van der Waals surface area contributed by atoms with E-state index in [2.05, 4.69) is 32.6 Å². The molecule has 0 saturated heterocycles. The molecule has 5 nitrogen and oxygen atoms in total. The highest BCUT2D eigenvalue weighted by Gasteiger charge is 2.10. The first-order valence-electron chi connectivity index (χ1n) is 6.09. The van der Waals surface area contributed by atoms with Crippen LogP contribution in [0.25, 0.3) is 17.1 Å². The SMILES string of the molecule is C/C=C\C(=C/CCC)c1nc(-c2noc(=O)[nH]2)cs1.[HH]. The highest BCUT2D eigenvalue weighted by atomic mass is 32.1. The molecule has 0 bridgehead atoms. The third-order valence-electron chi connectivity index (χ3n) is 2.43. The minimum absolute atomic E-state index is 0. The maximum atomic E-state index is 10.9. The van der Waals surface area contributed by atoms with Crippen LogP contribution in [0, 0.1) is 0 Å². The molecule has 0 unspecified atom stereocenters. The number of hydrogen-bond acceptors (Lipinski definition) is 5. The van der Waals surface area contributed by atoms with Crippen molar-refractivity contribution in [2.24, 2.45) is 0 Å². The summed E-state index contributed by atoms with van der Waals surface area (Å²) in [5.41, 5.74) is 1.71. The molecule has 0 aliphatic rings. The van der Waals surface area contributed by atoms with Gasteiger partial charge in [-0.3, -0.25) is 9.51 Å². The molecule has 0 spiro atoms. The minimum atomic E-state index is -0.570. The van der Waals surface area contributed by atoms with E-state index in [9.17, 15) is 4.79 Å². The van der Waals surface area contributed by atoms with Gasteiger partial charge in [0.25, 0.3) is 0 Å². The molecule has 0 amide bonds. The lowest BCUT2D eigenvalue weighted by Crippen LogP contribution is -1.94. The van der Waals surface area contributed by atoms with E-state index in [4.69, 9.17) is 0 Å². The van der Waals surface area contributed by atoms with Crippen LogP contribution in [-0.2, 0) is 0 Å². The maximum Gasteiger partial charge on any atom is 0.439 e. The highest BCUT2D eigenvalue weighted by molar-refractivity contribution is 7.11. The van der Waals surface area contributed by atoms with Crippen molar-refractivity contribution in [2.75, 3.05) is 0 Å². The first-order chi connectivity index (χ1) is 9.24. The first kappa shape index (κ1) is 13.5. The third-order valence-corrected chi connectivity index (χ3v) is 3.32. The van der Waals surface area contributed by atoms with Gasteiger partial charge in [0.1, 0.15) is 10.7 Å². The third kappa shape index (κ3) is 3.29. The van der Waals surface area contributed by atoms with Crippen LogP contribution in [0.3, 0.4) is 0 Å². The average molecular weight is 279 g/mol.